The number of carbonyl (C=O) groups excluding carboxylic acids is 1. The lowest BCUT2D eigenvalue weighted by molar-refractivity contribution is -0.123. The fourth-order valence-electron chi connectivity index (χ4n) is 3.89. The van der Waals surface area contributed by atoms with Gasteiger partial charge in [-0.1, -0.05) is 43.4 Å². The summed E-state index contributed by atoms with van der Waals surface area (Å²) in [5.74, 6) is 0.0664. The first-order chi connectivity index (χ1) is 12.9. The number of nitrogens with one attached hydrogen (secondary N) is 1. The highest BCUT2D eigenvalue weighted by Crippen LogP contribution is 2.19. The maximum absolute atomic E-state index is 12.8. The number of aryl methyl sites for hydroxylation is 1. The van der Waals surface area contributed by atoms with Crippen LogP contribution in [0.1, 0.15) is 44.1 Å². The average molecular weight is 394 g/mol. The van der Waals surface area contributed by atoms with Crippen LogP contribution in [0.15, 0.2) is 29.2 Å². The zero-order valence-electron chi connectivity index (χ0n) is 16.2. The first-order valence-electron chi connectivity index (χ1n) is 10.0. The molecule has 6 nitrogen and oxygen atoms in total. The van der Waals surface area contributed by atoms with E-state index in [1.165, 1.54) is 30.0 Å². The molecule has 0 spiro atoms. The van der Waals surface area contributed by atoms with Crippen molar-refractivity contribution in [1.29, 1.82) is 0 Å². The van der Waals surface area contributed by atoms with Gasteiger partial charge in [-0.3, -0.25) is 9.69 Å². The molecule has 1 aromatic rings. The first kappa shape index (κ1) is 20.3. The Morgan fingerprint density at radius 1 is 1.00 bits per heavy atom. The number of benzene rings is 1. The summed E-state index contributed by atoms with van der Waals surface area (Å²) in [6, 6.07) is 7.28. The number of nitrogens with zero attached hydrogens (tertiary/aromatic N) is 2. The van der Waals surface area contributed by atoms with Gasteiger partial charge in [-0.05, 0) is 31.9 Å². The van der Waals surface area contributed by atoms with Crippen molar-refractivity contribution in [3.63, 3.8) is 0 Å². The summed E-state index contributed by atoms with van der Waals surface area (Å²) in [6.07, 6.45) is 7.08. The lowest BCUT2D eigenvalue weighted by Gasteiger charge is -2.33. The van der Waals surface area contributed by atoms with Crippen molar-refractivity contribution in [2.75, 3.05) is 32.7 Å². The van der Waals surface area contributed by atoms with Crippen LogP contribution in [-0.2, 0) is 14.8 Å². The fourth-order valence-corrected chi connectivity index (χ4v) is 5.31. The van der Waals surface area contributed by atoms with Crippen LogP contribution >= 0.6 is 0 Å². The van der Waals surface area contributed by atoms with Crippen LogP contribution in [0.5, 0.6) is 0 Å². The second-order valence-corrected chi connectivity index (χ2v) is 9.69. The van der Waals surface area contributed by atoms with E-state index in [2.05, 4.69) is 5.32 Å². The molecule has 1 saturated heterocycles. The molecule has 1 aliphatic heterocycles. The van der Waals surface area contributed by atoms with Crippen molar-refractivity contribution < 1.29 is 13.2 Å². The molecule has 0 bridgehead atoms. The standard InChI is InChI=1S/C20H31N3O3S/c1-17-8-10-19(11-9-17)27(25,26)23-14-12-22(13-15-23)16-20(24)21-18-6-4-2-3-5-7-18/h8-11,18H,2-7,12-16H2,1H3,(H,21,24). The molecule has 0 atom stereocenters. The van der Waals surface area contributed by atoms with Crippen LogP contribution < -0.4 is 5.32 Å². The van der Waals surface area contributed by atoms with Crippen molar-refractivity contribution >= 4 is 15.9 Å². The minimum absolute atomic E-state index is 0.0664. The molecule has 1 aromatic carbocycles. The third-order valence-corrected chi connectivity index (χ3v) is 7.49. The summed E-state index contributed by atoms with van der Waals surface area (Å²) in [7, 11) is -3.45. The van der Waals surface area contributed by atoms with E-state index in [9.17, 15) is 13.2 Å². The highest BCUT2D eigenvalue weighted by molar-refractivity contribution is 7.89. The van der Waals surface area contributed by atoms with Gasteiger partial charge in [-0.2, -0.15) is 4.31 Å². The second-order valence-electron chi connectivity index (χ2n) is 7.75. The zero-order valence-corrected chi connectivity index (χ0v) is 17.0. The molecule has 0 radical (unpaired) electrons. The summed E-state index contributed by atoms with van der Waals surface area (Å²) in [6.45, 7) is 4.32. The van der Waals surface area contributed by atoms with E-state index in [-0.39, 0.29) is 5.91 Å². The summed E-state index contributed by atoms with van der Waals surface area (Å²) in [5, 5.41) is 3.17. The number of rotatable bonds is 5. The SMILES string of the molecule is Cc1ccc(S(=O)(=O)N2CCN(CC(=O)NC3CCCCCC3)CC2)cc1. The third kappa shape index (κ3) is 5.53. The van der Waals surface area contributed by atoms with Crippen LogP contribution in [0.2, 0.25) is 0 Å². The van der Waals surface area contributed by atoms with E-state index in [1.54, 1.807) is 12.1 Å². The molecule has 0 unspecified atom stereocenters. The second kappa shape index (κ2) is 9.17. The smallest absolute Gasteiger partial charge is 0.243 e. The maximum atomic E-state index is 12.8. The van der Waals surface area contributed by atoms with Gasteiger partial charge in [-0.25, -0.2) is 8.42 Å². The molecule has 1 heterocycles. The molecular formula is C20H31N3O3S. The molecule has 1 saturated carbocycles. The van der Waals surface area contributed by atoms with E-state index >= 15 is 0 Å². The average Bonchev–Trinajstić information content (AvgIpc) is 2.91. The van der Waals surface area contributed by atoms with Gasteiger partial charge in [0, 0.05) is 32.2 Å². The Bertz CT molecular complexity index is 717. The Kier molecular flexibility index (Phi) is 6.89. The number of amides is 1. The number of hydrogen-bond acceptors (Lipinski definition) is 4. The lowest BCUT2D eigenvalue weighted by atomic mass is 10.1. The van der Waals surface area contributed by atoms with Gasteiger partial charge < -0.3 is 5.32 Å². The van der Waals surface area contributed by atoms with Gasteiger partial charge in [0.1, 0.15) is 0 Å². The lowest BCUT2D eigenvalue weighted by Crippen LogP contribution is -2.51. The summed E-state index contributed by atoms with van der Waals surface area (Å²) >= 11 is 0. The molecule has 27 heavy (non-hydrogen) atoms. The monoisotopic (exact) mass is 393 g/mol. The largest absolute Gasteiger partial charge is 0.352 e. The zero-order chi connectivity index (χ0) is 19.3. The molecule has 1 amide bonds. The van der Waals surface area contributed by atoms with E-state index in [4.69, 9.17) is 0 Å². The number of carbonyl (C=O) groups is 1. The molecule has 2 aliphatic rings. The van der Waals surface area contributed by atoms with Crippen LogP contribution in [-0.4, -0.2) is 62.3 Å². The molecular weight excluding hydrogens is 362 g/mol. The summed E-state index contributed by atoms with van der Waals surface area (Å²) in [5.41, 5.74) is 1.04. The van der Waals surface area contributed by atoms with Crippen LogP contribution in [0.4, 0.5) is 0 Å². The summed E-state index contributed by atoms with van der Waals surface area (Å²) < 4.78 is 27.0. The Hall–Kier alpha value is -1.44. The van der Waals surface area contributed by atoms with Gasteiger partial charge in [0.2, 0.25) is 15.9 Å². The molecule has 150 valence electrons. The van der Waals surface area contributed by atoms with Gasteiger partial charge >= 0.3 is 0 Å². The predicted octanol–water partition coefficient (Wildman–Crippen LogP) is 2.14. The Labute approximate surface area is 163 Å². The Morgan fingerprint density at radius 2 is 1.59 bits per heavy atom. The Morgan fingerprint density at radius 3 is 2.19 bits per heavy atom. The molecule has 3 rings (SSSR count). The third-order valence-electron chi connectivity index (χ3n) is 5.58. The highest BCUT2D eigenvalue weighted by atomic mass is 32.2. The fraction of sp³-hybridized carbons (Fsp3) is 0.650. The van der Waals surface area contributed by atoms with E-state index < -0.39 is 10.0 Å². The summed E-state index contributed by atoms with van der Waals surface area (Å²) in [4.78, 5) is 14.7. The van der Waals surface area contributed by atoms with E-state index in [0.717, 1.165) is 18.4 Å². The molecule has 7 heteroatoms. The van der Waals surface area contributed by atoms with Gasteiger partial charge in [-0.15, -0.1) is 0 Å². The predicted molar refractivity (Wildman–Crippen MR) is 106 cm³/mol. The van der Waals surface area contributed by atoms with E-state index in [1.807, 2.05) is 24.0 Å². The van der Waals surface area contributed by atoms with Crippen molar-refractivity contribution in [3.8, 4) is 0 Å². The number of hydrogen-bond donors (Lipinski definition) is 1. The van der Waals surface area contributed by atoms with Gasteiger partial charge in [0.15, 0.2) is 0 Å². The molecule has 0 aromatic heterocycles. The number of piperazine rings is 1. The van der Waals surface area contributed by atoms with Crippen molar-refractivity contribution in [3.05, 3.63) is 29.8 Å². The van der Waals surface area contributed by atoms with Crippen molar-refractivity contribution in [2.24, 2.45) is 0 Å². The Balaban J connectivity index is 1.48. The van der Waals surface area contributed by atoms with Crippen LogP contribution in [0, 0.1) is 6.92 Å². The van der Waals surface area contributed by atoms with E-state index in [0.29, 0.717) is 43.7 Å². The van der Waals surface area contributed by atoms with Crippen molar-refractivity contribution in [2.45, 2.75) is 56.4 Å². The van der Waals surface area contributed by atoms with Gasteiger partial charge in [0.25, 0.3) is 0 Å². The minimum Gasteiger partial charge on any atom is -0.352 e. The minimum atomic E-state index is -3.45. The molecule has 2 fully saturated rings. The van der Waals surface area contributed by atoms with Crippen LogP contribution in [0.3, 0.4) is 0 Å². The van der Waals surface area contributed by atoms with Crippen molar-refractivity contribution in [1.82, 2.24) is 14.5 Å². The maximum Gasteiger partial charge on any atom is 0.243 e. The quantitative estimate of drug-likeness (QED) is 0.778. The molecule has 1 aliphatic carbocycles. The van der Waals surface area contributed by atoms with Gasteiger partial charge in [0.05, 0.1) is 11.4 Å². The topological polar surface area (TPSA) is 69.7 Å². The van der Waals surface area contributed by atoms with Crippen LogP contribution in [0.25, 0.3) is 0 Å². The highest BCUT2D eigenvalue weighted by Gasteiger charge is 2.29. The first-order valence-corrected chi connectivity index (χ1v) is 11.5. The molecule has 1 N–H and O–H groups in total. The number of sulfonamides is 1. The normalized spacial score (nSPS) is 20.9.